The Morgan fingerprint density at radius 3 is 2.91 bits per heavy atom. The van der Waals surface area contributed by atoms with Crippen LogP contribution in [0.3, 0.4) is 0 Å². The number of para-hydroxylation sites is 1. The maximum atomic E-state index is 5.66. The number of thioether (sulfide) groups is 1. The van der Waals surface area contributed by atoms with Crippen LogP contribution in [-0.4, -0.2) is 22.3 Å². The summed E-state index contributed by atoms with van der Waals surface area (Å²) in [5, 5.41) is 11.8. The van der Waals surface area contributed by atoms with Crippen molar-refractivity contribution in [1.29, 1.82) is 0 Å². The Morgan fingerprint density at radius 1 is 1.27 bits per heavy atom. The Hall–Kier alpha value is -1.86. The van der Waals surface area contributed by atoms with Gasteiger partial charge in [0.1, 0.15) is 5.75 Å². The first-order valence-electron chi connectivity index (χ1n) is 6.72. The molecule has 0 aliphatic rings. The molecule has 5 nitrogen and oxygen atoms in total. The van der Waals surface area contributed by atoms with E-state index in [4.69, 9.17) is 9.15 Å². The van der Waals surface area contributed by atoms with Crippen molar-refractivity contribution < 1.29 is 9.15 Å². The van der Waals surface area contributed by atoms with Crippen molar-refractivity contribution in [1.82, 2.24) is 15.2 Å². The summed E-state index contributed by atoms with van der Waals surface area (Å²) in [6.07, 6.45) is 0.576. The van der Waals surface area contributed by atoms with Crippen LogP contribution in [0.15, 0.2) is 39.3 Å². The highest BCUT2D eigenvalue weighted by atomic mass is 32.2. The smallest absolute Gasteiger partial charge is 0.276 e. The molecular weight excluding hydrogens is 318 g/mol. The van der Waals surface area contributed by atoms with E-state index in [0.717, 1.165) is 27.8 Å². The first kappa shape index (κ1) is 15.1. The molecular formula is C15H15N3O2S2. The molecule has 0 bridgehead atoms. The van der Waals surface area contributed by atoms with Crippen molar-refractivity contribution in [2.45, 2.75) is 24.3 Å². The molecule has 2 aromatic heterocycles. The van der Waals surface area contributed by atoms with Gasteiger partial charge >= 0.3 is 0 Å². The first-order valence-corrected chi connectivity index (χ1v) is 8.59. The van der Waals surface area contributed by atoms with Gasteiger partial charge in [-0.3, -0.25) is 0 Å². The number of hydrogen-bond donors (Lipinski definition) is 0. The largest absolute Gasteiger partial charge is 0.496 e. The Kier molecular flexibility index (Phi) is 4.74. The fourth-order valence-electron chi connectivity index (χ4n) is 1.97. The number of rotatable bonds is 6. The molecule has 0 spiro atoms. The molecule has 7 heteroatoms. The van der Waals surface area contributed by atoms with E-state index in [2.05, 4.69) is 15.2 Å². The molecule has 22 heavy (non-hydrogen) atoms. The van der Waals surface area contributed by atoms with Gasteiger partial charge in [0.05, 0.1) is 24.2 Å². The molecule has 0 N–H and O–H groups in total. The SMILES string of the molecule is COc1ccccc1CSc1nnc(Cc2csc(C)n2)o1. The third-order valence-corrected chi connectivity index (χ3v) is 4.68. The molecule has 0 unspecified atom stereocenters. The summed E-state index contributed by atoms with van der Waals surface area (Å²) in [5.74, 6) is 2.18. The summed E-state index contributed by atoms with van der Waals surface area (Å²) in [6, 6.07) is 7.91. The van der Waals surface area contributed by atoms with Crippen LogP contribution in [0.2, 0.25) is 0 Å². The minimum atomic E-state index is 0.563. The lowest BCUT2D eigenvalue weighted by molar-refractivity contribution is 0.410. The second-order valence-electron chi connectivity index (χ2n) is 4.60. The van der Waals surface area contributed by atoms with Crippen LogP contribution in [-0.2, 0) is 12.2 Å². The zero-order valence-electron chi connectivity index (χ0n) is 12.3. The molecule has 0 aliphatic carbocycles. The third-order valence-electron chi connectivity index (χ3n) is 2.99. The van der Waals surface area contributed by atoms with E-state index in [1.165, 1.54) is 11.8 Å². The van der Waals surface area contributed by atoms with E-state index in [0.29, 0.717) is 17.5 Å². The quantitative estimate of drug-likeness (QED) is 0.641. The summed E-state index contributed by atoms with van der Waals surface area (Å²) in [5.41, 5.74) is 2.07. The van der Waals surface area contributed by atoms with Crippen molar-refractivity contribution in [2.24, 2.45) is 0 Å². The molecule has 3 rings (SSSR count). The summed E-state index contributed by atoms with van der Waals surface area (Å²) in [4.78, 5) is 4.40. The number of aryl methyl sites for hydroxylation is 1. The van der Waals surface area contributed by atoms with E-state index < -0.39 is 0 Å². The van der Waals surface area contributed by atoms with Crippen molar-refractivity contribution in [3.8, 4) is 5.75 Å². The van der Waals surface area contributed by atoms with Gasteiger partial charge in [-0.25, -0.2) is 4.98 Å². The Morgan fingerprint density at radius 2 is 2.14 bits per heavy atom. The predicted molar refractivity (Wildman–Crippen MR) is 86.5 cm³/mol. The average molecular weight is 333 g/mol. The molecule has 0 amide bonds. The van der Waals surface area contributed by atoms with Crippen LogP contribution in [0.4, 0.5) is 0 Å². The van der Waals surface area contributed by atoms with Crippen LogP contribution in [0.25, 0.3) is 0 Å². The average Bonchev–Trinajstić information content (AvgIpc) is 3.15. The number of benzene rings is 1. The number of aromatic nitrogens is 3. The Labute approximate surface area is 136 Å². The molecule has 3 aromatic rings. The van der Waals surface area contributed by atoms with Gasteiger partial charge in [0.15, 0.2) is 0 Å². The van der Waals surface area contributed by atoms with Crippen molar-refractivity contribution in [3.05, 3.63) is 51.8 Å². The number of nitrogens with zero attached hydrogens (tertiary/aromatic N) is 3. The van der Waals surface area contributed by atoms with Crippen LogP contribution in [0.5, 0.6) is 5.75 Å². The van der Waals surface area contributed by atoms with Crippen LogP contribution in [0.1, 0.15) is 22.2 Å². The van der Waals surface area contributed by atoms with Gasteiger partial charge in [0.2, 0.25) is 5.89 Å². The molecule has 0 radical (unpaired) electrons. The van der Waals surface area contributed by atoms with Gasteiger partial charge in [-0.1, -0.05) is 30.0 Å². The first-order chi connectivity index (χ1) is 10.7. The van der Waals surface area contributed by atoms with Crippen molar-refractivity contribution in [3.63, 3.8) is 0 Å². The van der Waals surface area contributed by atoms with Crippen LogP contribution < -0.4 is 4.74 Å². The lowest BCUT2D eigenvalue weighted by atomic mass is 10.2. The van der Waals surface area contributed by atoms with E-state index in [9.17, 15) is 0 Å². The molecule has 0 atom stereocenters. The lowest BCUT2D eigenvalue weighted by Gasteiger charge is -2.05. The number of ether oxygens (including phenoxy) is 1. The number of thiazole rings is 1. The van der Waals surface area contributed by atoms with E-state index in [1.54, 1.807) is 18.4 Å². The van der Waals surface area contributed by atoms with Gasteiger partial charge in [-0.05, 0) is 13.0 Å². The van der Waals surface area contributed by atoms with Crippen molar-refractivity contribution in [2.75, 3.05) is 7.11 Å². The minimum absolute atomic E-state index is 0.563. The van der Waals surface area contributed by atoms with Crippen LogP contribution in [0, 0.1) is 6.92 Å². The van der Waals surface area contributed by atoms with E-state index in [-0.39, 0.29) is 0 Å². The molecule has 1 aromatic carbocycles. The van der Waals surface area contributed by atoms with Crippen LogP contribution >= 0.6 is 23.1 Å². The standard InChI is InChI=1S/C15H15N3O2S2/c1-10-16-12(9-21-10)7-14-17-18-15(20-14)22-8-11-5-3-4-6-13(11)19-2/h3-6,9H,7-8H2,1-2H3. The molecule has 114 valence electrons. The highest BCUT2D eigenvalue weighted by molar-refractivity contribution is 7.98. The van der Waals surface area contributed by atoms with Crippen molar-refractivity contribution >= 4 is 23.1 Å². The maximum Gasteiger partial charge on any atom is 0.276 e. The lowest BCUT2D eigenvalue weighted by Crippen LogP contribution is -1.89. The predicted octanol–water partition coefficient (Wildman–Crippen LogP) is 3.73. The summed E-state index contributed by atoms with van der Waals surface area (Å²) in [6.45, 7) is 1.98. The second kappa shape index (κ2) is 6.93. The van der Waals surface area contributed by atoms with Gasteiger partial charge in [-0.15, -0.1) is 21.5 Å². The van der Waals surface area contributed by atoms with Gasteiger partial charge in [0, 0.05) is 16.7 Å². The van der Waals surface area contributed by atoms with Gasteiger partial charge in [0.25, 0.3) is 5.22 Å². The topological polar surface area (TPSA) is 61.0 Å². The second-order valence-corrected chi connectivity index (χ2v) is 6.59. The fraction of sp³-hybridized carbons (Fsp3) is 0.267. The van der Waals surface area contributed by atoms with Gasteiger partial charge < -0.3 is 9.15 Å². The minimum Gasteiger partial charge on any atom is -0.496 e. The number of hydrogen-bond acceptors (Lipinski definition) is 7. The zero-order valence-corrected chi connectivity index (χ0v) is 13.9. The summed E-state index contributed by atoms with van der Waals surface area (Å²) >= 11 is 3.12. The monoisotopic (exact) mass is 333 g/mol. The van der Waals surface area contributed by atoms with Gasteiger partial charge in [-0.2, -0.15) is 0 Å². The fourth-order valence-corrected chi connectivity index (χ4v) is 3.36. The number of methoxy groups -OCH3 is 1. The highest BCUT2D eigenvalue weighted by Crippen LogP contribution is 2.27. The van der Waals surface area contributed by atoms with E-state index >= 15 is 0 Å². The molecule has 0 fully saturated rings. The third kappa shape index (κ3) is 3.66. The maximum absolute atomic E-state index is 5.66. The normalized spacial score (nSPS) is 10.8. The summed E-state index contributed by atoms with van der Waals surface area (Å²) < 4.78 is 11.0. The molecule has 0 saturated carbocycles. The highest BCUT2D eigenvalue weighted by Gasteiger charge is 2.10. The molecule has 2 heterocycles. The summed E-state index contributed by atoms with van der Waals surface area (Å²) in [7, 11) is 1.67. The zero-order chi connectivity index (χ0) is 15.4. The van der Waals surface area contributed by atoms with E-state index in [1.807, 2.05) is 36.6 Å². The Balaban J connectivity index is 1.62. The Bertz CT molecular complexity index is 755. The molecule has 0 saturated heterocycles. The molecule has 0 aliphatic heterocycles.